The molecular weight excluding hydrogens is 358 g/mol. The number of nitriles is 1. The second-order valence-corrected chi connectivity index (χ2v) is 6.37. The smallest absolute Gasteiger partial charge is 0.259 e. The van der Waals surface area contributed by atoms with E-state index in [1.165, 1.54) is 18.2 Å². The zero-order valence-electron chi connectivity index (χ0n) is 11.5. The van der Waals surface area contributed by atoms with Crippen LogP contribution in [0.4, 0.5) is 4.39 Å². The molecule has 3 nitrogen and oxygen atoms in total. The third-order valence-corrected chi connectivity index (χ3v) is 4.25. The predicted octanol–water partition coefficient (Wildman–Crippen LogP) is 4.93. The summed E-state index contributed by atoms with van der Waals surface area (Å²) in [5.41, 5.74) is -0.318. The van der Waals surface area contributed by atoms with E-state index in [1.54, 1.807) is 30.3 Å². The maximum absolute atomic E-state index is 13.6. The number of nitrogens with one attached hydrogen (secondary N) is 1. The lowest BCUT2D eigenvalue weighted by atomic mass is 10.2. The quantitative estimate of drug-likeness (QED) is 0.616. The molecule has 116 valence electrons. The minimum atomic E-state index is -0.741. The molecule has 0 atom stereocenters. The van der Waals surface area contributed by atoms with E-state index in [4.69, 9.17) is 28.5 Å². The van der Waals surface area contributed by atoms with Crippen LogP contribution < -0.4 is 5.32 Å². The number of thioether (sulfide) groups is 1. The van der Waals surface area contributed by atoms with Crippen molar-refractivity contribution in [3.8, 4) is 6.07 Å². The molecule has 0 fully saturated rings. The summed E-state index contributed by atoms with van der Waals surface area (Å²) in [6.07, 6.45) is 0. The first-order valence-corrected chi connectivity index (χ1v) is 7.87. The van der Waals surface area contributed by atoms with Crippen LogP contribution in [0.25, 0.3) is 0 Å². The Kier molecular flexibility index (Phi) is 6.05. The van der Waals surface area contributed by atoms with Gasteiger partial charge in [-0.1, -0.05) is 47.1 Å². The lowest BCUT2D eigenvalue weighted by Crippen LogP contribution is -2.23. The zero-order chi connectivity index (χ0) is 16.8. The second-order valence-electron chi connectivity index (χ2n) is 4.25. The van der Waals surface area contributed by atoms with Gasteiger partial charge in [-0.2, -0.15) is 5.26 Å². The third kappa shape index (κ3) is 4.73. The van der Waals surface area contributed by atoms with Gasteiger partial charge in [-0.25, -0.2) is 4.39 Å². The number of allylic oxidation sites excluding steroid dienone is 1. The van der Waals surface area contributed by atoms with Crippen LogP contribution in [0.5, 0.6) is 0 Å². The van der Waals surface area contributed by atoms with Crippen LogP contribution in [0.1, 0.15) is 10.4 Å². The predicted molar refractivity (Wildman–Crippen MR) is 89.7 cm³/mol. The topological polar surface area (TPSA) is 52.9 Å². The van der Waals surface area contributed by atoms with Crippen LogP contribution in [0, 0.1) is 17.1 Å². The molecule has 0 aromatic heterocycles. The molecule has 0 heterocycles. The van der Waals surface area contributed by atoms with Gasteiger partial charge in [-0.15, -0.1) is 0 Å². The second kappa shape index (κ2) is 8.02. The van der Waals surface area contributed by atoms with Crippen LogP contribution in [-0.4, -0.2) is 5.91 Å². The highest BCUT2D eigenvalue weighted by atomic mass is 35.5. The van der Waals surface area contributed by atoms with Crippen molar-refractivity contribution in [2.75, 3.05) is 0 Å². The number of rotatable bonds is 4. The van der Waals surface area contributed by atoms with Crippen LogP contribution >= 0.6 is 35.0 Å². The van der Waals surface area contributed by atoms with E-state index >= 15 is 0 Å². The fraction of sp³-hybridized carbons (Fsp3) is 0. The molecule has 1 amide bonds. The Morgan fingerprint density at radius 3 is 2.43 bits per heavy atom. The molecule has 0 saturated heterocycles. The first kappa shape index (κ1) is 17.4. The summed E-state index contributed by atoms with van der Waals surface area (Å²) < 4.78 is 13.6. The Morgan fingerprint density at radius 1 is 1.17 bits per heavy atom. The lowest BCUT2D eigenvalue weighted by Gasteiger charge is -2.07. The summed E-state index contributed by atoms with van der Waals surface area (Å²) in [5, 5.41) is 12.0. The van der Waals surface area contributed by atoms with E-state index in [2.05, 4.69) is 5.32 Å². The van der Waals surface area contributed by atoms with Crippen molar-refractivity contribution in [3.05, 3.63) is 75.0 Å². The van der Waals surface area contributed by atoms with Crippen molar-refractivity contribution in [2.45, 2.75) is 4.90 Å². The highest BCUT2D eigenvalue weighted by molar-refractivity contribution is 8.04. The average molecular weight is 367 g/mol. The normalized spacial score (nSPS) is 11.4. The van der Waals surface area contributed by atoms with E-state index in [0.29, 0.717) is 5.02 Å². The van der Waals surface area contributed by atoms with Gasteiger partial charge in [0, 0.05) is 9.92 Å². The van der Waals surface area contributed by atoms with Crippen molar-refractivity contribution >= 4 is 40.9 Å². The Balaban J connectivity index is 2.18. The van der Waals surface area contributed by atoms with E-state index in [-0.39, 0.29) is 15.6 Å². The number of hydrogen-bond donors (Lipinski definition) is 1. The summed E-state index contributed by atoms with van der Waals surface area (Å²) in [6.45, 7) is 0. The molecule has 0 aliphatic heterocycles. The number of amides is 1. The van der Waals surface area contributed by atoms with E-state index < -0.39 is 11.7 Å². The Hall–Kier alpha value is -2.00. The van der Waals surface area contributed by atoms with Crippen molar-refractivity contribution < 1.29 is 9.18 Å². The van der Waals surface area contributed by atoms with Crippen LogP contribution in [0.3, 0.4) is 0 Å². The zero-order valence-corrected chi connectivity index (χ0v) is 13.8. The highest BCUT2D eigenvalue weighted by Gasteiger charge is 2.15. The molecule has 2 rings (SSSR count). The molecule has 0 aliphatic carbocycles. The average Bonchev–Trinajstić information content (AvgIpc) is 2.54. The van der Waals surface area contributed by atoms with Crippen molar-refractivity contribution in [1.29, 1.82) is 5.26 Å². The van der Waals surface area contributed by atoms with Gasteiger partial charge in [0.2, 0.25) is 0 Å². The molecule has 0 bridgehead atoms. The largest absolute Gasteiger partial charge is 0.311 e. The van der Waals surface area contributed by atoms with E-state index in [9.17, 15) is 9.18 Å². The molecule has 0 radical (unpaired) electrons. The summed E-state index contributed by atoms with van der Waals surface area (Å²) >= 11 is 12.9. The first-order valence-electron chi connectivity index (χ1n) is 6.30. The number of carbonyl (C=O) groups is 1. The van der Waals surface area contributed by atoms with Crippen molar-refractivity contribution in [2.24, 2.45) is 0 Å². The van der Waals surface area contributed by atoms with Gasteiger partial charge in [-0.3, -0.25) is 4.79 Å². The minimum Gasteiger partial charge on any atom is -0.311 e. The summed E-state index contributed by atoms with van der Waals surface area (Å²) in [6, 6.07) is 14.1. The Bertz CT molecular complexity index is 800. The molecule has 2 aromatic carbocycles. The third-order valence-electron chi connectivity index (χ3n) is 2.69. The van der Waals surface area contributed by atoms with Gasteiger partial charge in [0.25, 0.3) is 5.91 Å². The van der Waals surface area contributed by atoms with Crippen molar-refractivity contribution in [3.63, 3.8) is 0 Å². The molecule has 1 N–H and O–H groups in total. The van der Waals surface area contributed by atoms with Gasteiger partial charge >= 0.3 is 0 Å². The molecule has 0 saturated carbocycles. The minimum absolute atomic E-state index is 0.0690. The molecule has 0 unspecified atom stereocenters. The van der Waals surface area contributed by atoms with Gasteiger partial charge in [0.05, 0.1) is 5.56 Å². The molecule has 0 spiro atoms. The molecular formula is C16H9Cl2FN2OS. The molecule has 2 aromatic rings. The van der Waals surface area contributed by atoms with E-state index in [1.807, 2.05) is 0 Å². The van der Waals surface area contributed by atoms with Crippen molar-refractivity contribution in [1.82, 2.24) is 5.32 Å². The number of carbonyl (C=O) groups excluding carboxylic acids is 1. The Morgan fingerprint density at radius 2 is 1.83 bits per heavy atom. The first-order chi connectivity index (χ1) is 11.0. The van der Waals surface area contributed by atoms with Crippen LogP contribution in [0.15, 0.2) is 63.5 Å². The molecule has 23 heavy (non-hydrogen) atoms. The summed E-state index contributed by atoms with van der Waals surface area (Å²) in [5.74, 6) is -1.42. The van der Waals surface area contributed by atoms with E-state index in [0.717, 1.165) is 22.7 Å². The number of nitrogens with zero attached hydrogens (tertiary/aromatic N) is 1. The number of hydrogen-bond acceptors (Lipinski definition) is 3. The maximum atomic E-state index is 13.6. The summed E-state index contributed by atoms with van der Waals surface area (Å²) in [7, 11) is 0. The van der Waals surface area contributed by atoms with Crippen LogP contribution in [-0.2, 0) is 0 Å². The highest BCUT2D eigenvalue weighted by Crippen LogP contribution is 2.31. The van der Waals surface area contributed by atoms with Crippen LogP contribution in [0.2, 0.25) is 5.02 Å². The molecule has 7 heteroatoms. The summed E-state index contributed by atoms with van der Waals surface area (Å²) in [4.78, 5) is 12.8. The van der Waals surface area contributed by atoms with Gasteiger partial charge in [0.1, 0.15) is 21.9 Å². The Labute approximate surface area is 146 Å². The number of halogens is 3. The van der Waals surface area contributed by atoms with Gasteiger partial charge in [-0.05, 0) is 36.4 Å². The van der Waals surface area contributed by atoms with Gasteiger partial charge in [0.15, 0.2) is 0 Å². The maximum Gasteiger partial charge on any atom is 0.259 e. The standard InChI is InChI=1S/C16H9Cl2FN2OS/c17-10-5-7-11(8-6-10)23-15(18)14(9-20)21-16(22)12-3-1-2-4-13(12)19/h1-8H,(H,21,22)/b15-14+. The SMILES string of the molecule is N#C/C(NC(=O)c1ccccc1F)=C(/Cl)Sc1ccc(Cl)cc1. The number of benzene rings is 2. The lowest BCUT2D eigenvalue weighted by molar-refractivity contribution is 0.0963. The monoisotopic (exact) mass is 366 g/mol. The van der Waals surface area contributed by atoms with Gasteiger partial charge < -0.3 is 5.32 Å². The fourth-order valence-electron chi connectivity index (χ4n) is 1.60. The fourth-order valence-corrected chi connectivity index (χ4v) is 2.76. The molecule has 0 aliphatic rings.